The van der Waals surface area contributed by atoms with Crippen LogP contribution in [0.5, 0.6) is 0 Å². The van der Waals surface area contributed by atoms with Crippen LogP contribution in [0.3, 0.4) is 0 Å². The van der Waals surface area contributed by atoms with Gasteiger partial charge in [-0.2, -0.15) is 0 Å². The van der Waals surface area contributed by atoms with E-state index in [9.17, 15) is 4.79 Å². The standard InChI is InChI=1S/C17H17ClN2O/c1-11-9-14(10-15(18)19-11)17(21)20-16(13-7-8-13)12-5-3-2-4-6-12/h2-6,9-10,13,16H,7-8H2,1H3,(H,20,21). The molecule has 0 saturated heterocycles. The Morgan fingerprint density at radius 2 is 2.00 bits per heavy atom. The summed E-state index contributed by atoms with van der Waals surface area (Å²) in [7, 11) is 0. The summed E-state index contributed by atoms with van der Waals surface area (Å²) in [5.74, 6) is 0.443. The molecule has 1 aliphatic carbocycles. The molecule has 21 heavy (non-hydrogen) atoms. The summed E-state index contributed by atoms with van der Waals surface area (Å²) in [5.41, 5.74) is 2.47. The minimum Gasteiger partial charge on any atom is -0.345 e. The first kappa shape index (κ1) is 14.1. The van der Waals surface area contributed by atoms with Gasteiger partial charge >= 0.3 is 0 Å². The highest BCUT2D eigenvalue weighted by Crippen LogP contribution is 2.41. The number of aromatic nitrogens is 1. The van der Waals surface area contributed by atoms with Gasteiger partial charge in [0.1, 0.15) is 5.15 Å². The summed E-state index contributed by atoms with van der Waals surface area (Å²) in [6, 6.07) is 13.6. The van der Waals surface area contributed by atoms with Gasteiger partial charge < -0.3 is 5.32 Å². The van der Waals surface area contributed by atoms with Crippen molar-refractivity contribution in [3.63, 3.8) is 0 Å². The SMILES string of the molecule is Cc1cc(C(=O)NC(c2ccccc2)C2CC2)cc(Cl)n1. The summed E-state index contributed by atoms with van der Waals surface area (Å²) in [6.07, 6.45) is 2.33. The molecule has 108 valence electrons. The number of pyridine rings is 1. The topological polar surface area (TPSA) is 42.0 Å². The first-order chi connectivity index (χ1) is 10.1. The average molecular weight is 301 g/mol. The molecule has 1 unspecified atom stereocenters. The normalized spacial score (nSPS) is 15.5. The third-order valence-corrected chi connectivity index (χ3v) is 3.92. The number of hydrogen-bond acceptors (Lipinski definition) is 2. The van der Waals surface area contributed by atoms with Gasteiger partial charge in [0.05, 0.1) is 6.04 Å². The highest BCUT2D eigenvalue weighted by molar-refractivity contribution is 6.29. The molecule has 1 saturated carbocycles. The van der Waals surface area contributed by atoms with E-state index in [4.69, 9.17) is 11.6 Å². The van der Waals surface area contributed by atoms with E-state index >= 15 is 0 Å². The number of nitrogens with zero attached hydrogens (tertiary/aromatic N) is 1. The van der Waals surface area contributed by atoms with Crippen LogP contribution in [0.25, 0.3) is 0 Å². The molecular formula is C17H17ClN2O. The van der Waals surface area contributed by atoms with Crippen LogP contribution < -0.4 is 5.32 Å². The number of hydrogen-bond donors (Lipinski definition) is 1. The Morgan fingerprint density at radius 3 is 2.62 bits per heavy atom. The summed E-state index contributed by atoms with van der Waals surface area (Å²) >= 11 is 5.93. The lowest BCUT2D eigenvalue weighted by atomic mass is 10.0. The molecule has 1 aliphatic rings. The van der Waals surface area contributed by atoms with Gasteiger partial charge in [-0.05, 0) is 43.4 Å². The Balaban J connectivity index is 1.81. The number of nitrogens with one attached hydrogen (secondary N) is 1. The van der Waals surface area contributed by atoms with E-state index < -0.39 is 0 Å². The Bertz CT molecular complexity index is 633. The number of amides is 1. The maximum absolute atomic E-state index is 12.5. The first-order valence-electron chi connectivity index (χ1n) is 7.13. The van der Waals surface area contributed by atoms with E-state index in [1.165, 1.54) is 0 Å². The highest BCUT2D eigenvalue weighted by Gasteiger charge is 2.33. The van der Waals surface area contributed by atoms with Crippen LogP contribution in [0, 0.1) is 12.8 Å². The van der Waals surface area contributed by atoms with Crippen LogP contribution >= 0.6 is 11.6 Å². The van der Waals surface area contributed by atoms with Crippen LogP contribution in [0.15, 0.2) is 42.5 Å². The number of benzene rings is 1. The molecule has 4 heteroatoms. The molecule has 3 nitrogen and oxygen atoms in total. The fourth-order valence-corrected chi connectivity index (χ4v) is 2.80. The minimum absolute atomic E-state index is 0.0750. The summed E-state index contributed by atoms with van der Waals surface area (Å²) in [6.45, 7) is 1.83. The molecule has 1 aromatic carbocycles. The smallest absolute Gasteiger partial charge is 0.251 e. The molecule has 1 fully saturated rings. The quantitative estimate of drug-likeness (QED) is 0.869. The Morgan fingerprint density at radius 1 is 1.29 bits per heavy atom. The van der Waals surface area contributed by atoms with Crippen molar-refractivity contribution in [1.29, 1.82) is 0 Å². The van der Waals surface area contributed by atoms with Crippen molar-refractivity contribution < 1.29 is 4.79 Å². The molecule has 0 bridgehead atoms. The second-order valence-corrected chi connectivity index (χ2v) is 5.91. The van der Waals surface area contributed by atoms with Gasteiger partial charge in [-0.25, -0.2) is 4.98 Å². The third kappa shape index (κ3) is 3.42. The van der Waals surface area contributed by atoms with Crippen LogP contribution in [-0.2, 0) is 0 Å². The van der Waals surface area contributed by atoms with Gasteiger partial charge in [-0.15, -0.1) is 0 Å². The Labute approximate surface area is 129 Å². The first-order valence-corrected chi connectivity index (χ1v) is 7.51. The molecule has 1 heterocycles. The monoisotopic (exact) mass is 300 g/mol. The van der Waals surface area contributed by atoms with Crippen LogP contribution in [0.1, 0.15) is 40.5 Å². The number of halogens is 1. The fourth-order valence-electron chi connectivity index (χ4n) is 2.55. The molecule has 1 aromatic heterocycles. The van der Waals surface area contributed by atoms with Crippen molar-refractivity contribution in [3.8, 4) is 0 Å². The van der Waals surface area contributed by atoms with Crippen LogP contribution in [-0.4, -0.2) is 10.9 Å². The van der Waals surface area contributed by atoms with Gasteiger partial charge in [0.15, 0.2) is 0 Å². The lowest BCUT2D eigenvalue weighted by Crippen LogP contribution is -2.30. The van der Waals surface area contributed by atoms with Gasteiger partial charge in [-0.1, -0.05) is 41.9 Å². The van der Waals surface area contributed by atoms with Gasteiger partial charge in [0.25, 0.3) is 5.91 Å². The lowest BCUT2D eigenvalue weighted by molar-refractivity contribution is 0.0931. The average Bonchev–Trinajstić information content (AvgIpc) is 3.29. The third-order valence-electron chi connectivity index (χ3n) is 3.72. The fraction of sp³-hybridized carbons (Fsp3) is 0.294. The number of carbonyl (C=O) groups excluding carboxylic acids is 1. The second kappa shape index (κ2) is 5.86. The van der Waals surface area contributed by atoms with Crippen molar-refractivity contribution in [2.24, 2.45) is 5.92 Å². The van der Waals surface area contributed by atoms with Crippen molar-refractivity contribution in [1.82, 2.24) is 10.3 Å². The predicted octanol–water partition coefficient (Wildman–Crippen LogP) is 3.92. The van der Waals surface area contributed by atoms with E-state index in [-0.39, 0.29) is 11.9 Å². The summed E-state index contributed by atoms with van der Waals surface area (Å²) in [4.78, 5) is 16.6. The zero-order valence-corrected chi connectivity index (χ0v) is 12.6. The predicted molar refractivity (Wildman–Crippen MR) is 83.4 cm³/mol. The molecule has 0 radical (unpaired) electrons. The molecule has 0 aliphatic heterocycles. The van der Waals surface area contributed by atoms with Crippen LogP contribution in [0.4, 0.5) is 0 Å². The Kier molecular flexibility index (Phi) is 3.93. The molecule has 0 spiro atoms. The van der Waals surface area contributed by atoms with Crippen molar-refractivity contribution in [3.05, 3.63) is 64.4 Å². The lowest BCUT2D eigenvalue weighted by Gasteiger charge is -2.19. The number of rotatable bonds is 4. The van der Waals surface area contributed by atoms with Gasteiger partial charge in [-0.3, -0.25) is 4.79 Å². The van der Waals surface area contributed by atoms with E-state index in [1.807, 2.05) is 25.1 Å². The number of carbonyl (C=O) groups is 1. The van der Waals surface area contributed by atoms with Crippen molar-refractivity contribution >= 4 is 17.5 Å². The zero-order chi connectivity index (χ0) is 14.8. The van der Waals surface area contributed by atoms with Gasteiger partial charge in [0, 0.05) is 11.3 Å². The van der Waals surface area contributed by atoms with Crippen molar-refractivity contribution in [2.75, 3.05) is 0 Å². The summed E-state index contributed by atoms with van der Waals surface area (Å²) < 4.78 is 0. The molecular weight excluding hydrogens is 284 g/mol. The van der Waals surface area contributed by atoms with Crippen LogP contribution in [0.2, 0.25) is 5.15 Å². The zero-order valence-electron chi connectivity index (χ0n) is 11.8. The molecule has 1 atom stereocenters. The highest BCUT2D eigenvalue weighted by atomic mass is 35.5. The molecule has 2 aromatic rings. The largest absolute Gasteiger partial charge is 0.345 e. The number of aryl methyl sites for hydroxylation is 1. The Hall–Kier alpha value is -1.87. The van der Waals surface area contributed by atoms with E-state index in [0.29, 0.717) is 16.6 Å². The molecule has 1 N–H and O–H groups in total. The van der Waals surface area contributed by atoms with Gasteiger partial charge in [0.2, 0.25) is 0 Å². The van der Waals surface area contributed by atoms with E-state index in [0.717, 1.165) is 24.1 Å². The second-order valence-electron chi connectivity index (χ2n) is 5.52. The maximum Gasteiger partial charge on any atom is 0.251 e. The summed E-state index contributed by atoms with van der Waals surface area (Å²) in [5, 5.41) is 3.49. The molecule has 1 amide bonds. The molecule has 3 rings (SSSR count). The maximum atomic E-state index is 12.5. The van der Waals surface area contributed by atoms with E-state index in [2.05, 4.69) is 22.4 Å². The van der Waals surface area contributed by atoms with E-state index in [1.54, 1.807) is 12.1 Å². The minimum atomic E-state index is -0.0943. The van der Waals surface area contributed by atoms with Crippen molar-refractivity contribution in [2.45, 2.75) is 25.8 Å².